The highest BCUT2D eigenvalue weighted by molar-refractivity contribution is 6.07. The average Bonchev–Trinajstić information content (AvgIpc) is 3.28. The third kappa shape index (κ3) is 4.03. The molecule has 0 bridgehead atoms. The van der Waals surface area contributed by atoms with Gasteiger partial charge in [0.25, 0.3) is 5.91 Å². The molecule has 1 amide bonds. The number of pyridine rings is 1. The number of hydrogen-bond acceptors (Lipinski definition) is 4. The van der Waals surface area contributed by atoms with Crippen LogP contribution in [-0.4, -0.2) is 37.0 Å². The van der Waals surface area contributed by atoms with Gasteiger partial charge in [-0.05, 0) is 38.5 Å². The van der Waals surface area contributed by atoms with Crippen molar-refractivity contribution in [2.75, 3.05) is 6.54 Å². The molecule has 29 heavy (non-hydrogen) atoms. The summed E-state index contributed by atoms with van der Waals surface area (Å²) in [4.78, 5) is 17.7. The zero-order chi connectivity index (χ0) is 20.4. The Morgan fingerprint density at radius 2 is 2.00 bits per heavy atom. The molecule has 0 fully saturated rings. The maximum atomic E-state index is 12.9. The van der Waals surface area contributed by atoms with E-state index in [4.69, 9.17) is 4.98 Å². The van der Waals surface area contributed by atoms with Crippen molar-refractivity contribution in [2.45, 2.75) is 26.8 Å². The van der Waals surface area contributed by atoms with E-state index in [-0.39, 0.29) is 5.91 Å². The van der Waals surface area contributed by atoms with Crippen molar-refractivity contribution in [3.63, 3.8) is 0 Å². The van der Waals surface area contributed by atoms with Gasteiger partial charge in [-0.15, -0.1) is 0 Å². The number of carbonyl (C=O) groups excluding carboxylic acids is 1. The largest absolute Gasteiger partial charge is 0.352 e. The molecule has 0 aliphatic rings. The standard InChI is InChI=1S/C22H24N6O/c1-15-11-16(2)28(26-15)10-6-9-23-22(29)19-12-21(17-13-24-27(3)14-17)25-20-8-5-4-7-18(19)20/h4-5,7-8,11-14H,6,9-10H2,1-3H3,(H,23,29). The van der Waals surface area contributed by atoms with Gasteiger partial charge in [-0.25, -0.2) is 4.98 Å². The number of benzene rings is 1. The molecule has 0 radical (unpaired) electrons. The summed E-state index contributed by atoms with van der Waals surface area (Å²) >= 11 is 0. The molecule has 0 atom stereocenters. The van der Waals surface area contributed by atoms with Crippen LogP contribution in [0.2, 0.25) is 0 Å². The molecule has 3 aromatic heterocycles. The summed E-state index contributed by atoms with van der Waals surface area (Å²) in [5, 5.41) is 12.6. The lowest BCUT2D eigenvalue weighted by Gasteiger charge is -2.10. The third-order valence-electron chi connectivity index (χ3n) is 4.90. The van der Waals surface area contributed by atoms with E-state index in [2.05, 4.69) is 21.6 Å². The van der Waals surface area contributed by atoms with Crippen LogP contribution in [0.25, 0.3) is 22.2 Å². The van der Waals surface area contributed by atoms with Gasteiger partial charge in [0, 0.05) is 43.0 Å². The van der Waals surface area contributed by atoms with Gasteiger partial charge in [-0.3, -0.25) is 14.2 Å². The van der Waals surface area contributed by atoms with Crippen LogP contribution >= 0.6 is 0 Å². The Kier molecular flexibility index (Phi) is 5.12. The molecule has 0 spiro atoms. The molecule has 3 heterocycles. The van der Waals surface area contributed by atoms with Crippen LogP contribution in [0.4, 0.5) is 0 Å². The van der Waals surface area contributed by atoms with Crippen molar-refractivity contribution in [3.8, 4) is 11.3 Å². The van der Waals surface area contributed by atoms with E-state index in [1.807, 2.05) is 62.1 Å². The van der Waals surface area contributed by atoms with Gasteiger partial charge in [0.05, 0.1) is 28.7 Å². The molecule has 0 saturated heterocycles. The van der Waals surface area contributed by atoms with Gasteiger partial charge in [0.1, 0.15) is 0 Å². The maximum absolute atomic E-state index is 12.9. The minimum atomic E-state index is -0.0953. The number of rotatable bonds is 6. The molecule has 0 aliphatic heterocycles. The summed E-state index contributed by atoms with van der Waals surface area (Å²) in [5.41, 5.74) is 5.19. The normalized spacial score (nSPS) is 11.1. The van der Waals surface area contributed by atoms with Crippen LogP contribution in [0, 0.1) is 13.8 Å². The minimum absolute atomic E-state index is 0.0953. The Balaban J connectivity index is 1.52. The van der Waals surface area contributed by atoms with Crippen molar-refractivity contribution < 1.29 is 4.79 Å². The predicted molar refractivity (Wildman–Crippen MR) is 113 cm³/mol. The zero-order valence-corrected chi connectivity index (χ0v) is 16.9. The quantitative estimate of drug-likeness (QED) is 0.514. The van der Waals surface area contributed by atoms with E-state index in [9.17, 15) is 4.79 Å². The Bertz CT molecular complexity index is 1170. The summed E-state index contributed by atoms with van der Waals surface area (Å²) in [5.74, 6) is -0.0953. The topological polar surface area (TPSA) is 77.6 Å². The van der Waals surface area contributed by atoms with E-state index in [1.54, 1.807) is 10.9 Å². The Hall–Kier alpha value is -3.48. The Labute approximate surface area is 169 Å². The van der Waals surface area contributed by atoms with Gasteiger partial charge in [0.2, 0.25) is 0 Å². The highest BCUT2D eigenvalue weighted by atomic mass is 16.1. The molecule has 0 saturated carbocycles. The predicted octanol–water partition coefficient (Wildman–Crippen LogP) is 3.27. The Morgan fingerprint density at radius 1 is 1.17 bits per heavy atom. The Morgan fingerprint density at radius 3 is 2.72 bits per heavy atom. The van der Waals surface area contributed by atoms with Crippen LogP contribution in [0.1, 0.15) is 28.2 Å². The molecular weight excluding hydrogens is 364 g/mol. The van der Waals surface area contributed by atoms with Gasteiger partial charge in [-0.1, -0.05) is 18.2 Å². The summed E-state index contributed by atoms with van der Waals surface area (Å²) in [6.45, 7) is 5.38. The molecule has 4 rings (SSSR count). The van der Waals surface area contributed by atoms with Crippen molar-refractivity contribution in [2.24, 2.45) is 7.05 Å². The highest BCUT2D eigenvalue weighted by Gasteiger charge is 2.14. The van der Waals surface area contributed by atoms with Crippen molar-refractivity contribution >= 4 is 16.8 Å². The molecule has 0 aliphatic carbocycles. The maximum Gasteiger partial charge on any atom is 0.252 e. The molecule has 1 N–H and O–H groups in total. The third-order valence-corrected chi connectivity index (χ3v) is 4.90. The number of aromatic nitrogens is 5. The number of aryl methyl sites for hydroxylation is 4. The first kappa shape index (κ1) is 18.9. The van der Waals surface area contributed by atoms with Crippen LogP contribution in [-0.2, 0) is 13.6 Å². The van der Waals surface area contributed by atoms with Gasteiger partial charge in [-0.2, -0.15) is 10.2 Å². The SMILES string of the molecule is Cc1cc(C)n(CCCNC(=O)c2cc(-c3cnn(C)c3)nc3ccccc23)n1. The van der Waals surface area contributed by atoms with Crippen molar-refractivity contribution in [1.82, 2.24) is 29.9 Å². The lowest BCUT2D eigenvalue weighted by Crippen LogP contribution is -2.26. The summed E-state index contributed by atoms with van der Waals surface area (Å²) in [7, 11) is 1.86. The first-order chi connectivity index (χ1) is 14.0. The molecule has 7 heteroatoms. The number of fused-ring (bicyclic) bond motifs is 1. The zero-order valence-electron chi connectivity index (χ0n) is 16.9. The fraction of sp³-hybridized carbons (Fsp3) is 0.273. The molecule has 0 unspecified atom stereocenters. The summed E-state index contributed by atoms with van der Waals surface area (Å²) in [6, 6.07) is 11.6. The number of amides is 1. The van der Waals surface area contributed by atoms with Crippen molar-refractivity contribution in [3.05, 3.63) is 65.7 Å². The second-order valence-corrected chi connectivity index (χ2v) is 7.23. The fourth-order valence-electron chi connectivity index (χ4n) is 3.49. The number of nitrogens with zero attached hydrogens (tertiary/aromatic N) is 5. The molecule has 1 aromatic carbocycles. The van der Waals surface area contributed by atoms with E-state index < -0.39 is 0 Å². The summed E-state index contributed by atoms with van der Waals surface area (Å²) < 4.78 is 3.70. The van der Waals surface area contributed by atoms with Crippen LogP contribution in [0.15, 0.2) is 48.8 Å². The van der Waals surface area contributed by atoms with E-state index in [0.29, 0.717) is 12.1 Å². The first-order valence-corrected chi connectivity index (χ1v) is 9.69. The van der Waals surface area contributed by atoms with E-state index in [0.717, 1.165) is 46.5 Å². The monoisotopic (exact) mass is 388 g/mol. The molecule has 4 aromatic rings. The van der Waals surface area contributed by atoms with Crippen LogP contribution < -0.4 is 5.32 Å². The molecule has 148 valence electrons. The smallest absolute Gasteiger partial charge is 0.252 e. The van der Waals surface area contributed by atoms with E-state index in [1.165, 1.54) is 0 Å². The average molecular weight is 388 g/mol. The lowest BCUT2D eigenvalue weighted by molar-refractivity contribution is 0.0954. The van der Waals surface area contributed by atoms with Crippen molar-refractivity contribution in [1.29, 1.82) is 0 Å². The number of nitrogens with one attached hydrogen (secondary N) is 1. The van der Waals surface area contributed by atoms with Gasteiger partial charge >= 0.3 is 0 Å². The number of carbonyl (C=O) groups is 1. The van der Waals surface area contributed by atoms with Gasteiger partial charge in [0.15, 0.2) is 0 Å². The molecular formula is C22H24N6O. The fourth-order valence-corrected chi connectivity index (χ4v) is 3.49. The first-order valence-electron chi connectivity index (χ1n) is 9.69. The van der Waals surface area contributed by atoms with E-state index >= 15 is 0 Å². The second-order valence-electron chi connectivity index (χ2n) is 7.23. The second kappa shape index (κ2) is 7.87. The van der Waals surface area contributed by atoms with Crippen LogP contribution in [0.3, 0.4) is 0 Å². The lowest BCUT2D eigenvalue weighted by atomic mass is 10.0. The number of para-hydroxylation sites is 1. The van der Waals surface area contributed by atoms with Gasteiger partial charge < -0.3 is 5.32 Å². The number of hydrogen-bond donors (Lipinski definition) is 1. The van der Waals surface area contributed by atoms with Crippen LogP contribution in [0.5, 0.6) is 0 Å². The summed E-state index contributed by atoms with van der Waals surface area (Å²) in [6.07, 6.45) is 4.46. The minimum Gasteiger partial charge on any atom is -0.352 e. The highest BCUT2D eigenvalue weighted by Crippen LogP contribution is 2.24. The molecule has 7 nitrogen and oxygen atoms in total.